The molecule has 1 aliphatic rings. The Kier molecular flexibility index (Phi) is 6.90. The van der Waals surface area contributed by atoms with Crippen LogP contribution in [0.15, 0.2) is 25.4 Å². The Bertz CT molecular complexity index is 101. The van der Waals surface area contributed by atoms with Crippen LogP contribution < -0.4 is 5.73 Å². The lowest BCUT2D eigenvalue weighted by Gasteiger charge is -2.16. The third-order valence-corrected chi connectivity index (χ3v) is 2.03. The molecule has 0 atom stereocenters. The Balaban J connectivity index is 0.000000461. The fourth-order valence-electron chi connectivity index (χ4n) is 1.48. The van der Waals surface area contributed by atoms with Gasteiger partial charge < -0.3 is 5.73 Å². The second-order valence-corrected chi connectivity index (χ2v) is 2.78. The van der Waals surface area contributed by atoms with Crippen molar-refractivity contribution in [3.05, 3.63) is 25.4 Å². The van der Waals surface area contributed by atoms with Crippen molar-refractivity contribution in [1.82, 2.24) is 0 Å². The van der Waals surface area contributed by atoms with Crippen LogP contribution in [0.3, 0.4) is 0 Å². The Morgan fingerprint density at radius 3 is 2.09 bits per heavy atom. The third kappa shape index (κ3) is 4.65. The Labute approximate surface area is 70.0 Å². The first-order chi connectivity index (χ1) is 5.43. The molecule has 1 nitrogen and oxygen atoms in total. The summed E-state index contributed by atoms with van der Waals surface area (Å²) in [5, 5.41) is 0. The summed E-state index contributed by atoms with van der Waals surface area (Å²) in [6, 6.07) is 0. The molecule has 11 heavy (non-hydrogen) atoms. The highest BCUT2D eigenvalue weighted by molar-refractivity contribution is 4.86. The second-order valence-electron chi connectivity index (χ2n) is 2.78. The Hall–Kier alpha value is -0.720. The standard InChI is InChI=1S/C8H15N.C2H4/c9-7-6-8-4-2-1-3-5-8;1-2/h6-8H,1-5,9H2;1-2H2. The summed E-state index contributed by atoms with van der Waals surface area (Å²) in [4.78, 5) is 0. The van der Waals surface area contributed by atoms with Crippen LogP contribution in [-0.4, -0.2) is 0 Å². The molecule has 0 aromatic heterocycles. The maximum atomic E-state index is 5.28. The van der Waals surface area contributed by atoms with Crippen molar-refractivity contribution in [3.8, 4) is 0 Å². The lowest BCUT2D eigenvalue weighted by atomic mass is 9.89. The van der Waals surface area contributed by atoms with E-state index in [4.69, 9.17) is 5.73 Å². The molecule has 0 aromatic carbocycles. The zero-order chi connectivity index (χ0) is 8.53. The van der Waals surface area contributed by atoms with Gasteiger partial charge in [0.15, 0.2) is 0 Å². The average molecular weight is 153 g/mol. The summed E-state index contributed by atoms with van der Waals surface area (Å²) < 4.78 is 0. The SMILES string of the molecule is C=C.NC=CC1CCCCC1. The lowest BCUT2D eigenvalue weighted by molar-refractivity contribution is 0.419. The van der Waals surface area contributed by atoms with Gasteiger partial charge in [-0.2, -0.15) is 0 Å². The largest absolute Gasteiger partial charge is 0.405 e. The summed E-state index contributed by atoms with van der Waals surface area (Å²) >= 11 is 0. The normalized spacial score (nSPS) is 19.3. The van der Waals surface area contributed by atoms with Gasteiger partial charge in [-0.05, 0) is 25.0 Å². The minimum Gasteiger partial charge on any atom is -0.405 e. The molecule has 1 aliphatic carbocycles. The first-order valence-corrected chi connectivity index (χ1v) is 4.32. The van der Waals surface area contributed by atoms with Gasteiger partial charge in [-0.25, -0.2) is 0 Å². The summed E-state index contributed by atoms with van der Waals surface area (Å²) in [5.74, 6) is 0.795. The first kappa shape index (κ1) is 10.3. The van der Waals surface area contributed by atoms with Gasteiger partial charge in [0.1, 0.15) is 0 Å². The molecule has 64 valence electrons. The number of hydrogen-bond acceptors (Lipinski definition) is 1. The fourth-order valence-corrected chi connectivity index (χ4v) is 1.48. The zero-order valence-corrected chi connectivity index (χ0v) is 7.26. The van der Waals surface area contributed by atoms with E-state index in [0.717, 1.165) is 5.92 Å². The van der Waals surface area contributed by atoms with Crippen LogP contribution in [0.5, 0.6) is 0 Å². The Morgan fingerprint density at radius 1 is 1.09 bits per heavy atom. The summed E-state index contributed by atoms with van der Waals surface area (Å²) in [6.07, 6.45) is 10.8. The van der Waals surface area contributed by atoms with Crippen LogP contribution in [0, 0.1) is 5.92 Å². The van der Waals surface area contributed by atoms with Crippen LogP contribution in [0.1, 0.15) is 32.1 Å². The van der Waals surface area contributed by atoms with Crippen LogP contribution in [0.2, 0.25) is 0 Å². The van der Waals surface area contributed by atoms with E-state index in [1.165, 1.54) is 32.1 Å². The molecule has 1 rings (SSSR count). The lowest BCUT2D eigenvalue weighted by Crippen LogP contribution is -2.03. The van der Waals surface area contributed by atoms with Crippen molar-refractivity contribution in [1.29, 1.82) is 0 Å². The molecule has 0 heterocycles. The van der Waals surface area contributed by atoms with Crippen LogP contribution in [0.4, 0.5) is 0 Å². The fraction of sp³-hybridized carbons (Fsp3) is 0.600. The van der Waals surface area contributed by atoms with Crippen molar-refractivity contribution in [3.63, 3.8) is 0 Å². The van der Waals surface area contributed by atoms with Gasteiger partial charge in [-0.3, -0.25) is 0 Å². The number of nitrogens with two attached hydrogens (primary N) is 1. The maximum absolute atomic E-state index is 5.28. The molecular formula is C10H19N. The van der Waals surface area contributed by atoms with E-state index in [-0.39, 0.29) is 0 Å². The van der Waals surface area contributed by atoms with Gasteiger partial charge in [-0.1, -0.05) is 25.3 Å². The van der Waals surface area contributed by atoms with E-state index in [1.807, 2.05) is 0 Å². The smallest absolute Gasteiger partial charge is 0.0100 e. The minimum atomic E-state index is 0.795. The Morgan fingerprint density at radius 2 is 1.64 bits per heavy atom. The number of allylic oxidation sites excluding steroid dienone is 1. The van der Waals surface area contributed by atoms with Gasteiger partial charge >= 0.3 is 0 Å². The van der Waals surface area contributed by atoms with E-state index < -0.39 is 0 Å². The predicted molar refractivity (Wildman–Crippen MR) is 51.2 cm³/mol. The van der Waals surface area contributed by atoms with Crippen molar-refractivity contribution in [2.24, 2.45) is 11.7 Å². The van der Waals surface area contributed by atoms with Gasteiger partial charge in [0, 0.05) is 0 Å². The molecule has 0 unspecified atom stereocenters. The maximum Gasteiger partial charge on any atom is -0.0100 e. The highest BCUT2D eigenvalue weighted by atomic mass is 14.5. The molecule has 0 radical (unpaired) electrons. The molecule has 0 bridgehead atoms. The number of hydrogen-bond donors (Lipinski definition) is 1. The van der Waals surface area contributed by atoms with Gasteiger partial charge in [-0.15, -0.1) is 13.2 Å². The summed E-state index contributed by atoms with van der Waals surface area (Å²) in [7, 11) is 0. The van der Waals surface area contributed by atoms with E-state index in [0.29, 0.717) is 0 Å². The molecule has 1 fully saturated rings. The molecule has 0 amide bonds. The summed E-state index contributed by atoms with van der Waals surface area (Å²) in [6.45, 7) is 6.00. The van der Waals surface area contributed by atoms with Crippen LogP contribution in [-0.2, 0) is 0 Å². The molecule has 0 spiro atoms. The van der Waals surface area contributed by atoms with E-state index >= 15 is 0 Å². The van der Waals surface area contributed by atoms with Crippen molar-refractivity contribution >= 4 is 0 Å². The highest BCUT2D eigenvalue weighted by Crippen LogP contribution is 2.23. The van der Waals surface area contributed by atoms with E-state index in [9.17, 15) is 0 Å². The van der Waals surface area contributed by atoms with Gasteiger partial charge in [0.2, 0.25) is 0 Å². The molecule has 0 saturated heterocycles. The van der Waals surface area contributed by atoms with Crippen LogP contribution in [0.25, 0.3) is 0 Å². The predicted octanol–water partition coefficient (Wildman–Crippen LogP) is 2.84. The molecule has 1 saturated carbocycles. The van der Waals surface area contributed by atoms with Crippen molar-refractivity contribution in [2.75, 3.05) is 0 Å². The highest BCUT2D eigenvalue weighted by Gasteiger charge is 2.08. The third-order valence-electron chi connectivity index (χ3n) is 2.03. The average Bonchev–Trinajstić information content (AvgIpc) is 2.11. The second kappa shape index (κ2) is 7.39. The summed E-state index contributed by atoms with van der Waals surface area (Å²) in [5.41, 5.74) is 5.28. The van der Waals surface area contributed by atoms with Crippen molar-refractivity contribution in [2.45, 2.75) is 32.1 Å². The molecule has 2 N–H and O–H groups in total. The minimum absolute atomic E-state index is 0.795. The van der Waals surface area contributed by atoms with Gasteiger partial charge in [0.25, 0.3) is 0 Å². The number of rotatable bonds is 1. The molecule has 0 aliphatic heterocycles. The zero-order valence-electron chi connectivity index (χ0n) is 7.26. The van der Waals surface area contributed by atoms with Gasteiger partial charge in [0.05, 0.1) is 0 Å². The van der Waals surface area contributed by atoms with Crippen molar-refractivity contribution < 1.29 is 0 Å². The van der Waals surface area contributed by atoms with E-state index in [2.05, 4.69) is 19.2 Å². The van der Waals surface area contributed by atoms with E-state index in [1.54, 1.807) is 6.20 Å². The molecule has 1 heteroatoms. The monoisotopic (exact) mass is 153 g/mol. The molecular weight excluding hydrogens is 134 g/mol. The molecule has 0 aromatic rings. The van der Waals surface area contributed by atoms with Crippen LogP contribution >= 0.6 is 0 Å². The topological polar surface area (TPSA) is 26.0 Å². The first-order valence-electron chi connectivity index (χ1n) is 4.32. The quantitative estimate of drug-likeness (QED) is 0.576.